The Morgan fingerprint density at radius 2 is 2.33 bits per heavy atom. The van der Waals surface area contributed by atoms with E-state index < -0.39 is 0 Å². The molecule has 1 nitrogen and oxygen atoms in total. The molecule has 0 spiro atoms. The van der Waals surface area contributed by atoms with Gasteiger partial charge in [0, 0.05) is 17.9 Å². The van der Waals surface area contributed by atoms with Gasteiger partial charge in [0.15, 0.2) is 0 Å². The second kappa shape index (κ2) is 5.03. The molecule has 1 fully saturated rings. The summed E-state index contributed by atoms with van der Waals surface area (Å²) in [4.78, 5) is 2.56. The van der Waals surface area contributed by atoms with Crippen LogP contribution < -0.4 is 0 Å². The molecular formula is C10H18BrN. The summed E-state index contributed by atoms with van der Waals surface area (Å²) in [5.41, 5.74) is 1.43. The van der Waals surface area contributed by atoms with Crippen LogP contribution in [0.15, 0.2) is 11.6 Å². The van der Waals surface area contributed by atoms with Crippen molar-refractivity contribution in [2.45, 2.75) is 32.7 Å². The van der Waals surface area contributed by atoms with Crippen LogP contribution in [0.5, 0.6) is 0 Å². The van der Waals surface area contributed by atoms with Crippen molar-refractivity contribution >= 4 is 15.9 Å². The highest BCUT2D eigenvalue weighted by atomic mass is 79.9. The van der Waals surface area contributed by atoms with E-state index in [9.17, 15) is 0 Å². The highest BCUT2D eigenvalue weighted by molar-refractivity contribution is 9.09. The van der Waals surface area contributed by atoms with Crippen LogP contribution in [-0.4, -0.2) is 29.4 Å². The molecule has 0 saturated carbocycles. The summed E-state index contributed by atoms with van der Waals surface area (Å²) in [5.74, 6) is 0. The van der Waals surface area contributed by atoms with Gasteiger partial charge < -0.3 is 0 Å². The van der Waals surface area contributed by atoms with E-state index in [-0.39, 0.29) is 0 Å². The third-order valence-corrected chi connectivity index (χ3v) is 3.16. The maximum atomic E-state index is 3.56. The monoisotopic (exact) mass is 231 g/mol. The van der Waals surface area contributed by atoms with Crippen molar-refractivity contribution in [1.82, 2.24) is 4.90 Å². The summed E-state index contributed by atoms with van der Waals surface area (Å²) < 4.78 is 0. The summed E-state index contributed by atoms with van der Waals surface area (Å²) >= 11 is 3.56. The standard InChI is InChI=1S/C10H18BrN/c1-9(2)5-7-12-6-3-4-10(12)8-11/h5,10H,3-4,6-8H2,1-2H3. The summed E-state index contributed by atoms with van der Waals surface area (Å²) in [6.45, 7) is 6.75. The number of alkyl halides is 1. The molecule has 1 atom stereocenters. The fraction of sp³-hybridized carbons (Fsp3) is 0.800. The molecule has 0 amide bonds. The molecule has 0 aliphatic carbocycles. The average Bonchev–Trinajstić information content (AvgIpc) is 2.47. The van der Waals surface area contributed by atoms with Crippen LogP contribution in [-0.2, 0) is 0 Å². The fourth-order valence-corrected chi connectivity index (χ4v) is 2.34. The normalized spacial score (nSPS) is 24.4. The van der Waals surface area contributed by atoms with Gasteiger partial charge in [-0.3, -0.25) is 4.90 Å². The van der Waals surface area contributed by atoms with Crippen LogP contribution in [0.3, 0.4) is 0 Å². The second-order valence-electron chi connectivity index (χ2n) is 3.73. The van der Waals surface area contributed by atoms with E-state index in [2.05, 4.69) is 40.8 Å². The highest BCUT2D eigenvalue weighted by Gasteiger charge is 2.21. The number of hydrogen-bond donors (Lipinski definition) is 0. The van der Waals surface area contributed by atoms with Crippen molar-refractivity contribution < 1.29 is 0 Å². The first-order valence-corrected chi connectivity index (χ1v) is 5.79. The summed E-state index contributed by atoms with van der Waals surface area (Å²) in [7, 11) is 0. The van der Waals surface area contributed by atoms with Gasteiger partial charge >= 0.3 is 0 Å². The van der Waals surface area contributed by atoms with E-state index in [4.69, 9.17) is 0 Å². The van der Waals surface area contributed by atoms with E-state index in [1.807, 2.05) is 0 Å². The molecule has 1 rings (SSSR count). The molecule has 1 aliphatic rings. The highest BCUT2D eigenvalue weighted by Crippen LogP contribution is 2.18. The largest absolute Gasteiger partial charge is 0.296 e. The van der Waals surface area contributed by atoms with E-state index in [0.717, 1.165) is 17.9 Å². The Morgan fingerprint density at radius 1 is 1.58 bits per heavy atom. The quantitative estimate of drug-likeness (QED) is 0.534. The molecule has 0 bridgehead atoms. The van der Waals surface area contributed by atoms with Gasteiger partial charge in [-0.1, -0.05) is 27.6 Å². The van der Waals surface area contributed by atoms with Crippen molar-refractivity contribution in [3.63, 3.8) is 0 Å². The minimum absolute atomic E-state index is 0.778. The first-order valence-electron chi connectivity index (χ1n) is 4.67. The van der Waals surface area contributed by atoms with Crippen LogP contribution in [0, 0.1) is 0 Å². The maximum Gasteiger partial charge on any atom is 0.0196 e. The van der Waals surface area contributed by atoms with E-state index >= 15 is 0 Å². The number of nitrogens with zero attached hydrogens (tertiary/aromatic N) is 1. The van der Waals surface area contributed by atoms with E-state index in [1.165, 1.54) is 25.0 Å². The summed E-state index contributed by atoms with van der Waals surface area (Å²) in [6.07, 6.45) is 5.05. The zero-order valence-corrected chi connectivity index (χ0v) is 9.60. The van der Waals surface area contributed by atoms with E-state index in [0.29, 0.717) is 0 Å². The molecule has 70 valence electrons. The van der Waals surface area contributed by atoms with Crippen molar-refractivity contribution in [2.75, 3.05) is 18.4 Å². The molecule has 1 saturated heterocycles. The van der Waals surface area contributed by atoms with E-state index in [1.54, 1.807) is 0 Å². The van der Waals surface area contributed by atoms with Crippen molar-refractivity contribution in [2.24, 2.45) is 0 Å². The molecule has 1 unspecified atom stereocenters. The Bertz CT molecular complexity index is 161. The lowest BCUT2D eigenvalue weighted by atomic mass is 10.2. The Morgan fingerprint density at radius 3 is 2.92 bits per heavy atom. The zero-order valence-electron chi connectivity index (χ0n) is 8.02. The Hall–Kier alpha value is 0.180. The lowest BCUT2D eigenvalue weighted by Gasteiger charge is -2.20. The Labute approximate surface area is 84.0 Å². The molecule has 0 radical (unpaired) electrons. The van der Waals surface area contributed by atoms with Gasteiger partial charge in [0.25, 0.3) is 0 Å². The number of allylic oxidation sites excluding steroid dienone is 1. The minimum Gasteiger partial charge on any atom is -0.296 e. The number of halogens is 1. The maximum absolute atomic E-state index is 3.56. The molecule has 0 N–H and O–H groups in total. The Balaban J connectivity index is 2.35. The summed E-state index contributed by atoms with van der Waals surface area (Å²) in [5, 5.41) is 1.13. The van der Waals surface area contributed by atoms with Crippen molar-refractivity contribution in [3.05, 3.63) is 11.6 Å². The molecule has 1 heterocycles. The van der Waals surface area contributed by atoms with Crippen molar-refractivity contribution in [3.8, 4) is 0 Å². The molecular weight excluding hydrogens is 214 g/mol. The van der Waals surface area contributed by atoms with Crippen LogP contribution in [0.2, 0.25) is 0 Å². The first kappa shape index (κ1) is 10.3. The average molecular weight is 232 g/mol. The predicted octanol–water partition coefficient (Wildman–Crippen LogP) is 2.81. The van der Waals surface area contributed by atoms with Gasteiger partial charge in [-0.25, -0.2) is 0 Å². The Kier molecular flexibility index (Phi) is 4.30. The van der Waals surface area contributed by atoms with Gasteiger partial charge in [0.05, 0.1) is 0 Å². The third-order valence-electron chi connectivity index (χ3n) is 2.41. The predicted molar refractivity (Wildman–Crippen MR) is 57.8 cm³/mol. The molecule has 0 aromatic carbocycles. The second-order valence-corrected chi connectivity index (χ2v) is 4.37. The van der Waals surface area contributed by atoms with Crippen LogP contribution in [0.4, 0.5) is 0 Å². The smallest absolute Gasteiger partial charge is 0.0196 e. The summed E-state index contributed by atoms with van der Waals surface area (Å²) in [6, 6.07) is 0.778. The number of likely N-dealkylation sites (tertiary alicyclic amines) is 1. The molecule has 2 heteroatoms. The first-order chi connectivity index (χ1) is 5.74. The van der Waals surface area contributed by atoms with Crippen LogP contribution in [0.1, 0.15) is 26.7 Å². The van der Waals surface area contributed by atoms with Gasteiger partial charge in [-0.05, 0) is 33.2 Å². The fourth-order valence-electron chi connectivity index (χ4n) is 1.61. The topological polar surface area (TPSA) is 3.24 Å². The van der Waals surface area contributed by atoms with Crippen molar-refractivity contribution in [1.29, 1.82) is 0 Å². The van der Waals surface area contributed by atoms with Gasteiger partial charge in [0.1, 0.15) is 0 Å². The lowest BCUT2D eigenvalue weighted by molar-refractivity contribution is 0.303. The van der Waals surface area contributed by atoms with Gasteiger partial charge in [-0.2, -0.15) is 0 Å². The number of rotatable bonds is 3. The third kappa shape index (κ3) is 2.91. The van der Waals surface area contributed by atoms with Gasteiger partial charge in [0.2, 0.25) is 0 Å². The van der Waals surface area contributed by atoms with Gasteiger partial charge in [-0.15, -0.1) is 0 Å². The number of hydrogen-bond acceptors (Lipinski definition) is 1. The van der Waals surface area contributed by atoms with Crippen LogP contribution >= 0.6 is 15.9 Å². The van der Waals surface area contributed by atoms with Crippen LogP contribution in [0.25, 0.3) is 0 Å². The zero-order chi connectivity index (χ0) is 8.97. The lowest BCUT2D eigenvalue weighted by Crippen LogP contribution is -2.30. The molecule has 0 aromatic rings. The SMILES string of the molecule is CC(C)=CCN1CCCC1CBr. The molecule has 0 aromatic heterocycles. The molecule has 1 aliphatic heterocycles. The molecule has 12 heavy (non-hydrogen) atoms. The minimum atomic E-state index is 0.778.